The normalized spacial score (nSPS) is 10.7. The highest BCUT2D eigenvalue weighted by Gasteiger charge is 1.97. The van der Waals surface area contributed by atoms with Crippen LogP contribution in [0.5, 0.6) is 5.75 Å². The van der Waals surface area contributed by atoms with Crippen molar-refractivity contribution in [1.82, 2.24) is 0 Å². The highest BCUT2D eigenvalue weighted by atomic mass is 35.5. The Hall–Kier alpha value is -0.990. The van der Waals surface area contributed by atoms with Gasteiger partial charge in [0, 0.05) is 6.54 Å². The van der Waals surface area contributed by atoms with Gasteiger partial charge >= 0.3 is 0 Å². The Bertz CT molecular complexity index is 310. The zero-order valence-electron chi connectivity index (χ0n) is 7.46. The average Bonchev–Trinajstić information content (AvgIpc) is 2.16. The third-order valence-electron chi connectivity index (χ3n) is 1.64. The highest BCUT2D eigenvalue weighted by Crippen LogP contribution is 2.23. The van der Waals surface area contributed by atoms with E-state index in [2.05, 4.69) is 0 Å². The minimum absolute atomic E-state index is 0.516. The van der Waals surface area contributed by atoms with Gasteiger partial charge < -0.3 is 10.5 Å². The van der Waals surface area contributed by atoms with Crippen molar-refractivity contribution in [3.8, 4) is 5.75 Å². The van der Waals surface area contributed by atoms with Gasteiger partial charge in [0.1, 0.15) is 5.75 Å². The summed E-state index contributed by atoms with van der Waals surface area (Å²) in [6.45, 7) is 0.516. The number of rotatable bonds is 3. The summed E-state index contributed by atoms with van der Waals surface area (Å²) >= 11 is 5.97. The third kappa shape index (κ3) is 2.76. The molecule has 1 rings (SSSR count). The molecule has 0 fully saturated rings. The summed E-state index contributed by atoms with van der Waals surface area (Å²) in [5.41, 5.74) is 6.28. The summed E-state index contributed by atoms with van der Waals surface area (Å²) in [6, 6.07) is 5.53. The van der Waals surface area contributed by atoms with E-state index in [1.807, 2.05) is 24.3 Å². The van der Waals surface area contributed by atoms with Crippen LogP contribution in [0.4, 0.5) is 0 Å². The minimum Gasteiger partial charge on any atom is -0.497 e. The number of benzene rings is 1. The van der Waals surface area contributed by atoms with E-state index in [4.69, 9.17) is 22.1 Å². The van der Waals surface area contributed by atoms with E-state index in [0.717, 1.165) is 11.3 Å². The van der Waals surface area contributed by atoms with Crippen LogP contribution in [0, 0.1) is 0 Å². The third-order valence-corrected chi connectivity index (χ3v) is 1.97. The monoisotopic (exact) mass is 197 g/mol. The lowest BCUT2D eigenvalue weighted by Crippen LogP contribution is -1.92. The molecule has 0 spiro atoms. The van der Waals surface area contributed by atoms with E-state index in [1.54, 1.807) is 13.2 Å². The maximum atomic E-state index is 5.97. The summed E-state index contributed by atoms with van der Waals surface area (Å²) < 4.78 is 5.02. The smallest absolute Gasteiger partial charge is 0.120 e. The van der Waals surface area contributed by atoms with Crippen LogP contribution in [-0.2, 0) is 0 Å². The highest BCUT2D eigenvalue weighted by molar-refractivity contribution is 6.32. The van der Waals surface area contributed by atoms with Gasteiger partial charge in [0.05, 0.1) is 12.1 Å². The van der Waals surface area contributed by atoms with E-state index in [9.17, 15) is 0 Å². The van der Waals surface area contributed by atoms with Crippen LogP contribution >= 0.6 is 11.6 Å². The Morgan fingerprint density at radius 1 is 1.54 bits per heavy atom. The Kier molecular flexibility index (Phi) is 3.80. The number of hydrogen-bond donors (Lipinski definition) is 1. The molecule has 1 aromatic carbocycles. The Labute approximate surface area is 83.0 Å². The van der Waals surface area contributed by atoms with Crippen LogP contribution in [-0.4, -0.2) is 13.7 Å². The van der Waals surface area contributed by atoms with Crippen LogP contribution in [0.15, 0.2) is 24.3 Å². The van der Waals surface area contributed by atoms with Crippen molar-refractivity contribution < 1.29 is 4.74 Å². The molecule has 0 aromatic heterocycles. The van der Waals surface area contributed by atoms with Gasteiger partial charge in [0.25, 0.3) is 0 Å². The van der Waals surface area contributed by atoms with Crippen LogP contribution < -0.4 is 10.5 Å². The molecule has 0 bridgehead atoms. The van der Waals surface area contributed by atoms with Crippen LogP contribution in [0.2, 0.25) is 5.02 Å². The summed E-state index contributed by atoms with van der Waals surface area (Å²) in [6.07, 6.45) is 3.75. The molecule has 2 nitrogen and oxygen atoms in total. The molecule has 0 saturated heterocycles. The van der Waals surface area contributed by atoms with Crippen molar-refractivity contribution in [2.24, 2.45) is 5.73 Å². The van der Waals surface area contributed by atoms with Gasteiger partial charge in [-0.3, -0.25) is 0 Å². The second-order valence-electron chi connectivity index (χ2n) is 2.53. The van der Waals surface area contributed by atoms with Gasteiger partial charge in [0.15, 0.2) is 0 Å². The van der Waals surface area contributed by atoms with Crippen molar-refractivity contribution in [2.75, 3.05) is 13.7 Å². The minimum atomic E-state index is 0.516. The predicted molar refractivity (Wildman–Crippen MR) is 56.1 cm³/mol. The number of halogens is 1. The Morgan fingerprint density at radius 2 is 2.31 bits per heavy atom. The molecule has 70 valence electrons. The molecule has 2 N–H and O–H groups in total. The van der Waals surface area contributed by atoms with E-state index in [-0.39, 0.29) is 0 Å². The molecule has 0 aliphatic heterocycles. The summed E-state index contributed by atoms with van der Waals surface area (Å²) in [4.78, 5) is 0. The molecule has 0 amide bonds. The standard InChI is InChI=1S/C10H12ClNO/c1-13-9-5-4-8(3-2-6-12)10(11)7-9/h2-5,7H,6,12H2,1H3/b3-2+. The lowest BCUT2D eigenvalue weighted by Gasteiger charge is -2.02. The van der Waals surface area contributed by atoms with Crippen molar-refractivity contribution in [2.45, 2.75) is 0 Å². The first-order valence-corrected chi connectivity index (χ1v) is 4.36. The van der Waals surface area contributed by atoms with Crippen molar-refractivity contribution in [3.63, 3.8) is 0 Å². The molecular weight excluding hydrogens is 186 g/mol. The van der Waals surface area contributed by atoms with Gasteiger partial charge in [-0.25, -0.2) is 0 Å². The van der Waals surface area contributed by atoms with E-state index >= 15 is 0 Å². The molecular formula is C10H12ClNO. The first-order valence-electron chi connectivity index (χ1n) is 3.98. The summed E-state index contributed by atoms with van der Waals surface area (Å²) in [5, 5.41) is 0.670. The number of ether oxygens (including phenoxy) is 1. The average molecular weight is 198 g/mol. The topological polar surface area (TPSA) is 35.2 Å². The Morgan fingerprint density at radius 3 is 2.85 bits per heavy atom. The molecule has 0 atom stereocenters. The van der Waals surface area contributed by atoms with Gasteiger partial charge in [-0.15, -0.1) is 0 Å². The number of nitrogens with two attached hydrogens (primary N) is 1. The van der Waals surface area contributed by atoms with Gasteiger partial charge in [-0.05, 0) is 23.8 Å². The molecule has 3 heteroatoms. The quantitative estimate of drug-likeness (QED) is 0.807. The fourth-order valence-corrected chi connectivity index (χ4v) is 1.20. The molecule has 0 radical (unpaired) electrons. The second-order valence-corrected chi connectivity index (χ2v) is 2.93. The summed E-state index contributed by atoms with van der Waals surface area (Å²) in [5.74, 6) is 0.759. The van der Waals surface area contributed by atoms with Gasteiger partial charge in [0.2, 0.25) is 0 Å². The van der Waals surface area contributed by atoms with Crippen molar-refractivity contribution in [1.29, 1.82) is 0 Å². The van der Waals surface area contributed by atoms with Crippen molar-refractivity contribution >= 4 is 17.7 Å². The van der Waals surface area contributed by atoms with E-state index < -0.39 is 0 Å². The molecule has 0 heterocycles. The zero-order chi connectivity index (χ0) is 9.68. The Balaban J connectivity index is 2.91. The lowest BCUT2D eigenvalue weighted by molar-refractivity contribution is 0.415. The molecule has 0 aliphatic rings. The molecule has 0 aliphatic carbocycles. The van der Waals surface area contributed by atoms with Gasteiger partial charge in [-0.1, -0.05) is 23.8 Å². The maximum absolute atomic E-state index is 5.97. The number of methoxy groups -OCH3 is 1. The largest absolute Gasteiger partial charge is 0.497 e. The molecule has 0 saturated carbocycles. The van der Waals surface area contributed by atoms with Crippen LogP contribution in [0.3, 0.4) is 0 Å². The molecule has 1 aromatic rings. The number of hydrogen-bond acceptors (Lipinski definition) is 2. The second kappa shape index (κ2) is 4.90. The van der Waals surface area contributed by atoms with Gasteiger partial charge in [-0.2, -0.15) is 0 Å². The van der Waals surface area contributed by atoms with Crippen LogP contribution in [0.1, 0.15) is 5.56 Å². The summed E-state index contributed by atoms with van der Waals surface area (Å²) in [7, 11) is 1.61. The van der Waals surface area contributed by atoms with Crippen molar-refractivity contribution in [3.05, 3.63) is 34.9 Å². The zero-order valence-corrected chi connectivity index (χ0v) is 8.21. The van der Waals surface area contributed by atoms with E-state index in [1.165, 1.54) is 0 Å². The lowest BCUT2D eigenvalue weighted by atomic mass is 10.2. The predicted octanol–water partition coefficient (Wildman–Crippen LogP) is 2.32. The fourth-order valence-electron chi connectivity index (χ4n) is 0.965. The molecule has 0 unspecified atom stereocenters. The fraction of sp³-hybridized carbons (Fsp3) is 0.200. The molecule has 13 heavy (non-hydrogen) atoms. The first-order chi connectivity index (χ1) is 6.27. The maximum Gasteiger partial charge on any atom is 0.120 e. The van der Waals surface area contributed by atoms with E-state index in [0.29, 0.717) is 11.6 Å². The van der Waals surface area contributed by atoms with Crippen LogP contribution in [0.25, 0.3) is 6.08 Å². The first kappa shape index (κ1) is 10.1. The SMILES string of the molecule is COc1ccc(/C=C/CN)c(Cl)c1.